The molecular formula is C18H13BrCl3N3O. The van der Waals surface area contributed by atoms with Crippen LogP contribution >= 0.6 is 50.7 Å². The molecule has 8 heteroatoms. The summed E-state index contributed by atoms with van der Waals surface area (Å²) in [6.45, 7) is 3.76. The first-order chi connectivity index (χ1) is 12.3. The highest BCUT2D eigenvalue weighted by atomic mass is 79.9. The number of rotatable bonds is 3. The molecule has 0 spiro atoms. The molecule has 0 fully saturated rings. The summed E-state index contributed by atoms with van der Waals surface area (Å²) >= 11 is 21.6. The van der Waals surface area contributed by atoms with E-state index in [4.69, 9.17) is 34.8 Å². The molecule has 1 N–H and O–H groups in total. The summed E-state index contributed by atoms with van der Waals surface area (Å²) in [5.41, 5.74) is 3.02. The molecule has 0 saturated heterocycles. The molecule has 0 unspecified atom stereocenters. The SMILES string of the molecule is Cc1cc(-n2[nH]c(C)c(C=Nc3c(Cl)cc(Cl)cc3Cl)c2=O)ccc1Br. The Hall–Kier alpha value is -1.53. The minimum Gasteiger partial charge on any atom is -0.295 e. The number of hydrogen-bond acceptors (Lipinski definition) is 2. The van der Waals surface area contributed by atoms with Gasteiger partial charge in [0.1, 0.15) is 5.69 Å². The molecule has 0 atom stereocenters. The normalized spacial score (nSPS) is 11.5. The number of aromatic amines is 1. The predicted octanol–water partition coefficient (Wildman–Crippen LogP) is 6.26. The topological polar surface area (TPSA) is 50.1 Å². The Balaban J connectivity index is 2.04. The molecule has 0 aliphatic rings. The summed E-state index contributed by atoms with van der Waals surface area (Å²) in [6, 6.07) is 8.76. The van der Waals surface area contributed by atoms with Crippen LogP contribution in [0.5, 0.6) is 0 Å². The van der Waals surface area contributed by atoms with Crippen LogP contribution < -0.4 is 5.56 Å². The Morgan fingerprint density at radius 3 is 2.38 bits per heavy atom. The third-order valence-electron chi connectivity index (χ3n) is 3.82. The molecule has 0 aliphatic heterocycles. The average Bonchev–Trinajstić information content (AvgIpc) is 2.84. The van der Waals surface area contributed by atoms with E-state index in [0.29, 0.717) is 32.0 Å². The van der Waals surface area contributed by atoms with Gasteiger partial charge in [-0.1, -0.05) is 50.7 Å². The number of nitrogens with zero attached hydrogens (tertiary/aromatic N) is 2. The molecule has 0 aliphatic carbocycles. The molecule has 3 aromatic rings. The van der Waals surface area contributed by atoms with Crippen LogP contribution in [0.25, 0.3) is 5.69 Å². The van der Waals surface area contributed by atoms with Crippen LogP contribution in [0.15, 0.2) is 44.6 Å². The lowest BCUT2D eigenvalue weighted by Crippen LogP contribution is -2.17. The quantitative estimate of drug-likeness (QED) is 0.449. The number of aromatic nitrogens is 2. The summed E-state index contributed by atoms with van der Waals surface area (Å²) < 4.78 is 2.45. The maximum atomic E-state index is 12.8. The minimum absolute atomic E-state index is 0.214. The molecule has 1 aromatic heterocycles. The van der Waals surface area contributed by atoms with E-state index in [-0.39, 0.29) is 5.56 Å². The van der Waals surface area contributed by atoms with E-state index in [1.165, 1.54) is 10.9 Å². The van der Waals surface area contributed by atoms with Crippen LogP contribution in [-0.2, 0) is 0 Å². The lowest BCUT2D eigenvalue weighted by atomic mass is 10.2. The Morgan fingerprint density at radius 2 is 1.77 bits per heavy atom. The summed E-state index contributed by atoms with van der Waals surface area (Å²) in [7, 11) is 0. The summed E-state index contributed by atoms with van der Waals surface area (Å²) in [6.07, 6.45) is 1.46. The van der Waals surface area contributed by atoms with Crippen molar-refractivity contribution in [2.75, 3.05) is 0 Å². The van der Waals surface area contributed by atoms with E-state index in [1.54, 1.807) is 19.1 Å². The van der Waals surface area contributed by atoms with Gasteiger partial charge in [-0.15, -0.1) is 0 Å². The lowest BCUT2D eigenvalue weighted by Gasteiger charge is -2.04. The first kappa shape index (κ1) is 19.2. The zero-order valence-corrected chi connectivity index (χ0v) is 17.6. The molecule has 3 rings (SSSR count). The highest BCUT2D eigenvalue weighted by Crippen LogP contribution is 2.35. The molecular weight excluding hydrogens is 460 g/mol. The van der Waals surface area contributed by atoms with Gasteiger partial charge in [-0.2, -0.15) is 0 Å². The molecule has 0 amide bonds. The standard InChI is InChI=1S/C18H13BrCl3N3O/c1-9-5-12(3-4-14(9)19)25-18(26)13(10(2)24-25)8-23-17-15(21)6-11(20)7-16(17)22/h3-8,24H,1-2H3. The zero-order valence-electron chi connectivity index (χ0n) is 13.8. The van der Waals surface area contributed by atoms with Crippen molar-refractivity contribution in [1.82, 2.24) is 9.78 Å². The van der Waals surface area contributed by atoms with Gasteiger partial charge < -0.3 is 0 Å². The summed E-state index contributed by atoms with van der Waals surface area (Å²) in [5, 5.41) is 4.11. The Kier molecular flexibility index (Phi) is 5.63. The van der Waals surface area contributed by atoms with Gasteiger partial charge in [0.15, 0.2) is 0 Å². The van der Waals surface area contributed by atoms with E-state index >= 15 is 0 Å². The van der Waals surface area contributed by atoms with E-state index < -0.39 is 0 Å². The third-order valence-corrected chi connectivity index (χ3v) is 5.51. The van der Waals surface area contributed by atoms with Crippen LogP contribution in [0.1, 0.15) is 16.8 Å². The molecule has 26 heavy (non-hydrogen) atoms. The number of aliphatic imine (C=N–C) groups is 1. The van der Waals surface area contributed by atoms with E-state index in [2.05, 4.69) is 26.0 Å². The minimum atomic E-state index is -0.214. The number of hydrogen-bond donors (Lipinski definition) is 1. The molecule has 2 aromatic carbocycles. The maximum absolute atomic E-state index is 12.8. The number of H-pyrrole nitrogens is 1. The van der Waals surface area contributed by atoms with E-state index in [1.807, 2.05) is 25.1 Å². The molecule has 0 saturated carbocycles. The molecule has 0 radical (unpaired) electrons. The van der Waals surface area contributed by atoms with Crippen LogP contribution in [0.4, 0.5) is 5.69 Å². The van der Waals surface area contributed by atoms with Gasteiger partial charge in [-0.25, -0.2) is 4.68 Å². The Morgan fingerprint density at radius 1 is 1.12 bits per heavy atom. The Labute approximate surface area is 173 Å². The monoisotopic (exact) mass is 471 g/mol. The van der Waals surface area contributed by atoms with Gasteiger partial charge in [0.05, 0.1) is 21.3 Å². The summed E-state index contributed by atoms with van der Waals surface area (Å²) in [4.78, 5) is 17.1. The van der Waals surface area contributed by atoms with Gasteiger partial charge in [0, 0.05) is 21.4 Å². The van der Waals surface area contributed by atoms with Crippen molar-refractivity contribution < 1.29 is 0 Å². The van der Waals surface area contributed by atoms with Crippen molar-refractivity contribution >= 4 is 62.6 Å². The highest BCUT2D eigenvalue weighted by Gasteiger charge is 2.12. The fourth-order valence-corrected chi connectivity index (χ4v) is 3.61. The van der Waals surface area contributed by atoms with Crippen molar-refractivity contribution in [2.45, 2.75) is 13.8 Å². The van der Waals surface area contributed by atoms with Crippen LogP contribution in [0, 0.1) is 13.8 Å². The summed E-state index contributed by atoms with van der Waals surface area (Å²) in [5.74, 6) is 0. The molecule has 0 bridgehead atoms. The first-order valence-corrected chi connectivity index (χ1v) is 9.47. The van der Waals surface area contributed by atoms with Crippen LogP contribution in [0.2, 0.25) is 15.1 Å². The number of aryl methyl sites for hydroxylation is 2. The number of benzene rings is 2. The second kappa shape index (κ2) is 7.61. The van der Waals surface area contributed by atoms with Gasteiger partial charge >= 0.3 is 0 Å². The second-order valence-corrected chi connectivity index (χ2v) is 7.81. The van der Waals surface area contributed by atoms with E-state index in [9.17, 15) is 4.79 Å². The van der Waals surface area contributed by atoms with Crippen molar-refractivity contribution in [3.8, 4) is 5.69 Å². The van der Waals surface area contributed by atoms with Crippen molar-refractivity contribution in [1.29, 1.82) is 0 Å². The third kappa shape index (κ3) is 3.76. The lowest BCUT2D eigenvalue weighted by molar-refractivity contribution is 0.834. The number of halogens is 4. The largest absolute Gasteiger partial charge is 0.295 e. The van der Waals surface area contributed by atoms with Gasteiger partial charge in [-0.3, -0.25) is 14.9 Å². The van der Waals surface area contributed by atoms with Crippen molar-refractivity contribution in [2.24, 2.45) is 4.99 Å². The average molecular weight is 474 g/mol. The fraction of sp³-hybridized carbons (Fsp3) is 0.111. The van der Waals surface area contributed by atoms with Gasteiger partial charge in [0.25, 0.3) is 5.56 Å². The van der Waals surface area contributed by atoms with Crippen LogP contribution in [0.3, 0.4) is 0 Å². The van der Waals surface area contributed by atoms with Gasteiger partial charge in [-0.05, 0) is 49.7 Å². The Bertz CT molecular complexity index is 1060. The second-order valence-electron chi connectivity index (χ2n) is 5.70. The molecule has 4 nitrogen and oxygen atoms in total. The maximum Gasteiger partial charge on any atom is 0.280 e. The van der Waals surface area contributed by atoms with Crippen LogP contribution in [-0.4, -0.2) is 16.0 Å². The van der Waals surface area contributed by atoms with Gasteiger partial charge in [0.2, 0.25) is 0 Å². The highest BCUT2D eigenvalue weighted by molar-refractivity contribution is 9.10. The predicted molar refractivity (Wildman–Crippen MR) is 112 cm³/mol. The molecule has 1 heterocycles. The smallest absolute Gasteiger partial charge is 0.280 e. The molecule has 134 valence electrons. The fourth-order valence-electron chi connectivity index (χ4n) is 2.45. The van der Waals surface area contributed by atoms with Crippen molar-refractivity contribution in [3.05, 3.63) is 77.0 Å². The zero-order chi connectivity index (χ0) is 19.0. The number of nitrogens with one attached hydrogen (secondary N) is 1. The van der Waals surface area contributed by atoms with E-state index in [0.717, 1.165) is 15.7 Å². The van der Waals surface area contributed by atoms with Crippen molar-refractivity contribution in [3.63, 3.8) is 0 Å². The first-order valence-electron chi connectivity index (χ1n) is 7.54.